The molecule has 0 saturated carbocycles. The zero-order valence-corrected chi connectivity index (χ0v) is 36.2. The number of unbranched alkanes of at least 4 members (excludes halogenated alkanes) is 22. The summed E-state index contributed by atoms with van der Waals surface area (Å²) in [7, 11) is 5.94. The Labute approximate surface area is 325 Å². The van der Waals surface area contributed by atoms with Gasteiger partial charge in [0.1, 0.15) is 0 Å². The lowest BCUT2D eigenvalue weighted by molar-refractivity contribution is -0.920. The van der Waals surface area contributed by atoms with E-state index in [1.807, 2.05) is 28.1 Å². The molecule has 0 aliphatic rings. The van der Waals surface area contributed by atoms with Crippen molar-refractivity contribution in [2.24, 2.45) is 0 Å². The van der Waals surface area contributed by atoms with E-state index < -0.39 is 12.3 Å². The van der Waals surface area contributed by atoms with Crippen LogP contribution in [0.15, 0.2) is 24.3 Å². The average Bonchev–Trinajstić information content (AvgIpc) is 3.07. The molecule has 0 spiro atoms. The molecule has 0 aliphatic carbocycles. The quantitative estimate of drug-likeness (QED) is 0.0217. The Kier molecular flexibility index (Phi) is 43.9. The Balaban J connectivity index is -0.00000554. The van der Waals surface area contributed by atoms with Crippen LogP contribution in [-0.2, 0) is 19.1 Å². The van der Waals surface area contributed by atoms with Crippen molar-refractivity contribution in [2.45, 2.75) is 233 Å². The average molecular weight is 743 g/mol. The van der Waals surface area contributed by atoms with Gasteiger partial charge in [-0.3, -0.25) is 14.1 Å². The van der Waals surface area contributed by atoms with Gasteiger partial charge in [-0.15, -0.1) is 0 Å². The molecular weight excluding hydrogens is 654 g/mol. The SMILES string of the molecule is CCC.CCCCCCCCC=CCCCCCCCC(=O)OC(C)C(OC(=O)CCCCCCCC=CCCCCCCCC)[N+](C)(C)C.[Cl-]. The minimum Gasteiger partial charge on any atom is -1.00 e. The van der Waals surface area contributed by atoms with Gasteiger partial charge in [0, 0.05) is 12.8 Å². The molecule has 5 nitrogen and oxygen atoms in total. The Hall–Kier alpha value is -1.33. The van der Waals surface area contributed by atoms with E-state index in [1.54, 1.807) is 0 Å². The Morgan fingerprint density at radius 3 is 1.06 bits per heavy atom. The lowest BCUT2D eigenvalue weighted by atomic mass is 10.1. The van der Waals surface area contributed by atoms with Crippen LogP contribution in [0.25, 0.3) is 0 Å². The molecule has 2 unspecified atom stereocenters. The van der Waals surface area contributed by atoms with Gasteiger partial charge in [-0.05, 0) is 71.1 Å². The first-order valence-electron chi connectivity index (χ1n) is 21.6. The van der Waals surface area contributed by atoms with Gasteiger partial charge < -0.3 is 21.9 Å². The lowest BCUT2D eigenvalue weighted by Gasteiger charge is -2.36. The highest BCUT2D eigenvalue weighted by Crippen LogP contribution is 2.18. The fourth-order valence-electron chi connectivity index (χ4n) is 6.08. The van der Waals surface area contributed by atoms with E-state index in [-0.39, 0.29) is 24.3 Å². The maximum absolute atomic E-state index is 12.7. The second-order valence-electron chi connectivity index (χ2n) is 15.6. The van der Waals surface area contributed by atoms with Gasteiger partial charge in [0.05, 0.1) is 21.1 Å². The van der Waals surface area contributed by atoms with Gasteiger partial charge in [-0.2, -0.15) is 0 Å². The number of hydrogen-bond donors (Lipinski definition) is 0. The number of esters is 2. The molecule has 0 aromatic carbocycles. The molecule has 0 aromatic rings. The minimum absolute atomic E-state index is 0. The fraction of sp³-hybridized carbons (Fsp3) is 0.867. The number of carbonyl (C=O) groups excluding carboxylic acids is 2. The third-order valence-electron chi connectivity index (χ3n) is 9.02. The molecule has 0 radical (unpaired) electrons. The number of carbonyl (C=O) groups is 2. The Bertz CT molecular complexity index is 792. The van der Waals surface area contributed by atoms with Crippen molar-refractivity contribution < 1.29 is 36.0 Å². The van der Waals surface area contributed by atoms with E-state index in [0.717, 1.165) is 51.4 Å². The predicted molar refractivity (Wildman–Crippen MR) is 218 cm³/mol. The van der Waals surface area contributed by atoms with Gasteiger partial charge in [0.15, 0.2) is 6.10 Å². The highest BCUT2D eigenvalue weighted by Gasteiger charge is 2.36. The summed E-state index contributed by atoms with van der Waals surface area (Å²) in [5.74, 6) is -0.386. The molecule has 2 atom stereocenters. The Morgan fingerprint density at radius 2 is 0.745 bits per heavy atom. The molecule has 6 heteroatoms. The summed E-state index contributed by atoms with van der Waals surface area (Å²) in [6, 6.07) is 0. The van der Waals surface area contributed by atoms with Gasteiger partial charge in [0.25, 0.3) is 6.23 Å². The third kappa shape index (κ3) is 41.3. The molecule has 0 bridgehead atoms. The van der Waals surface area contributed by atoms with E-state index in [4.69, 9.17) is 9.47 Å². The summed E-state index contributed by atoms with van der Waals surface area (Å²) in [5, 5.41) is 0. The van der Waals surface area contributed by atoms with Crippen molar-refractivity contribution in [1.29, 1.82) is 0 Å². The molecule has 304 valence electrons. The molecule has 0 aromatic heterocycles. The van der Waals surface area contributed by atoms with Gasteiger partial charge >= 0.3 is 11.9 Å². The lowest BCUT2D eigenvalue weighted by Crippen LogP contribution is -3.00. The van der Waals surface area contributed by atoms with Crippen molar-refractivity contribution in [1.82, 2.24) is 0 Å². The van der Waals surface area contributed by atoms with Crippen LogP contribution in [0.1, 0.15) is 221 Å². The standard InChI is InChI=1S/C42H80NO4.C3H8.ClH/c1-7-9-11-13-15-17-19-21-23-25-27-29-31-33-35-37-40(44)46-39(3)42(43(4,5)6)47-41(45)38-36-34-32-30-28-26-24-22-20-18-16-14-12-10-8-2;1-3-2;/h21-24,39,42H,7-20,25-38H2,1-6H3;3H2,1-2H3;1H/q+1;;/p-1. The first-order chi connectivity index (χ1) is 24.1. The summed E-state index contributed by atoms with van der Waals surface area (Å²) in [5.41, 5.74) is 0. The van der Waals surface area contributed by atoms with Crippen LogP contribution >= 0.6 is 0 Å². The summed E-state index contributed by atoms with van der Waals surface area (Å²) in [4.78, 5) is 25.2. The number of halogens is 1. The van der Waals surface area contributed by atoms with Crippen LogP contribution in [0.5, 0.6) is 0 Å². The van der Waals surface area contributed by atoms with Crippen LogP contribution in [0.2, 0.25) is 0 Å². The second-order valence-corrected chi connectivity index (χ2v) is 15.6. The summed E-state index contributed by atoms with van der Waals surface area (Å²) in [6.07, 6.45) is 42.6. The predicted octanol–water partition coefficient (Wildman–Crippen LogP) is 11.0. The zero-order valence-electron chi connectivity index (χ0n) is 35.4. The molecule has 0 saturated heterocycles. The fourth-order valence-corrected chi connectivity index (χ4v) is 6.08. The highest BCUT2D eigenvalue weighted by atomic mass is 35.5. The van der Waals surface area contributed by atoms with Crippen LogP contribution in [0.3, 0.4) is 0 Å². The van der Waals surface area contributed by atoms with E-state index in [9.17, 15) is 9.59 Å². The highest BCUT2D eigenvalue weighted by molar-refractivity contribution is 5.70. The minimum atomic E-state index is -0.510. The first-order valence-corrected chi connectivity index (χ1v) is 21.6. The summed E-state index contributed by atoms with van der Waals surface area (Å²) < 4.78 is 12.0. The third-order valence-corrected chi connectivity index (χ3v) is 9.02. The topological polar surface area (TPSA) is 52.6 Å². The van der Waals surface area contributed by atoms with Crippen LogP contribution in [-0.4, -0.2) is 49.9 Å². The van der Waals surface area contributed by atoms with Gasteiger partial charge in [0.2, 0.25) is 0 Å². The first kappa shape index (κ1) is 54.0. The van der Waals surface area contributed by atoms with Crippen molar-refractivity contribution in [2.75, 3.05) is 21.1 Å². The van der Waals surface area contributed by atoms with Crippen LogP contribution < -0.4 is 12.4 Å². The number of ether oxygens (including phenoxy) is 2. The van der Waals surface area contributed by atoms with Gasteiger partial charge in [-0.1, -0.05) is 161 Å². The number of hydrogen-bond acceptors (Lipinski definition) is 4. The van der Waals surface area contributed by atoms with Crippen LogP contribution in [0, 0.1) is 0 Å². The second kappa shape index (κ2) is 41.4. The van der Waals surface area contributed by atoms with Crippen molar-refractivity contribution in [3.8, 4) is 0 Å². The van der Waals surface area contributed by atoms with E-state index in [1.165, 1.54) is 122 Å². The zero-order chi connectivity index (χ0) is 37.6. The molecule has 0 amide bonds. The van der Waals surface area contributed by atoms with E-state index in [0.29, 0.717) is 17.3 Å². The normalized spacial score (nSPS) is 12.7. The molecule has 0 N–H and O–H groups in total. The van der Waals surface area contributed by atoms with Crippen molar-refractivity contribution in [3.63, 3.8) is 0 Å². The van der Waals surface area contributed by atoms with Crippen LogP contribution in [0.4, 0.5) is 0 Å². The maximum Gasteiger partial charge on any atom is 0.310 e. The number of quaternary nitrogens is 1. The molecule has 0 rings (SSSR count). The van der Waals surface area contributed by atoms with Gasteiger partial charge in [-0.25, -0.2) is 0 Å². The smallest absolute Gasteiger partial charge is 0.310 e. The largest absolute Gasteiger partial charge is 1.00 e. The monoisotopic (exact) mass is 742 g/mol. The molecule has 51 heavy (non-hydrogen) atoms. The molecular formula is C45H88ClNO4. The van der Waals surface area contributed by atoms with E-state index in [2.05, 4.69) is 52.0 Å². The summed E-state index contributed by atoms with van der Waals surface area (Å²) in [6.45, 7) is 10.6. The number of likely N-dealkylation sites (N-methyl/N-ethyl adjacent to an activating group) is 1. The van der Waals surface area contributed by atoms with E-state index >= 15 is 0 Å². The number of rotatable bonds is 34. The molecule has 0 aliphatic heterocycles. The molecule has 0 heterocycles. The summed E-state index contributed by atoms with van der Waals surface area (Å²) >= 11 is 0. The number of allylic oxidation sites excluding steroid dienone is 4. The maximum atomic E-state index is 12.7. The number of nitrogens with zero attached hydrogens (tertiary/aromatic N) is 1. The Morgan fingerprint density at radius 1 is 0.471 bits per heavy atom. The van der Waals surface area contributed by atoms with Crippen molar-refractivity contribution in [3.05, 3.63) is 24.3 Å². The van der Waals surface area contributed by atoms with Crippen molar-refractivity contribution >= 4 is 11.9 Å². The molecule has 0 fully saturated rings.